The van der Waals surface area contributed by atoms with Crippen LogP contribution in [0, 0.1) is 13.8 Å². The number of unbranched alkanes of at least 4 members (excludes halogenated alkanes) is 1. The van der Waals surface area contributed by atoms with Crippen LogP contribution in [-0.2, 0) is 6.54 Å². The molecule has 24 heavy (non-hydrogen) atoms. The molecule has 0 saturated carbocycles. The number of nitrogens with zero attached hydrogens (tertiary/aromatic N) is 2. The number of aromatic nitrogens is 2. The summed E-state index contributed by atoms with van der Waals surface area (Å²) in [6, 6.07) is 13.6. The van der Waals surface area contributed by atoms with Crippen LogP contribution in [0.3, 0.4) is 0 Å². The topological polar surface area (TPSA) is 44.1 Å². The Morgan fingerprint density at radius 3 is 2.71 bits per heavy atom. The largest absolute Gasteiger partial charge is 0.494 e. The van der Waals surface area contributed by atoms with Crippen LogP contribution in [0.4, 0.5) is 0 Å². The van der Waals surface area contributed by atoms with Gasteiger partial charge in [0.2, 0.25) is 0 Å². The fourth-order valence-electron chi connectivity index (χ4n) is 2.64. The van der Waals surface area contributed by atoms with E-state index in [-0.39, 0.29) is 5.56 Å². The Morgan fingerprint density at radius 1 is 1.04 bits per heavy atom. The minimum atomic E-state index is 0.0238. The fourth-order valence-corrected chi connectivity index (χ4v) is 2.64. The number of fused-ring (bicyclic) bond motifs is 1. The van der Waals surface area contributed by atoms with E-state index in [0.29, 0.717) is 18.5 Å². The lowest BCUT2D eigenvalue weighted by Crippen LogP contribution is -2.20. The third kappa shape index (κ3) is 3.65. The highest BCUT2D eigenvalue weighted by molar-refractivity contribution is 5.76. The Hall–Kier alpha value is -2.62. The zero-order valence-electron chi connectivity index (χ0n) is 14.2. The molecule has 0 fully saturated rings. The highest BCUT2D eigenvalue weighted by Gasteiger charge is 2.03. The second-order valence-corrected chi connectivity index (χ2v) is 6.06. The quantitative estimate of drug-likeness (QED) is 0.647. The number of rotatable bonds is 6. The Morgan fingerprint density at radius 2 is 1.88 bits per heavy atom. The molecule has 0 aliphatic heterocycles. The summed E-state index contributed by atoms with van der Waals surface area (Å²) in [4.78, 5) is 16.7. The third-order valence-electron chi connectivity index (χ3n) is 4.27. The van der Waals surface area contributed by atoms with E-state index in [1.54, 1.807) is 10.9 Å². The van der Waals surface area contributed by atoms with E-state index in [1.165, 1.54) is 11.1 Å². The normalized spacial score (nSPS) is 10.9. The van der Waals surface area contributed by atoms with Crippen LogP contribution >= 0.6 is 0 Å². The summed E-state index contributed by atoms with van der Waals surface area (Å²) in [5.41, 5.74) is 3.28. The van der Waals surface area contributed by atoms with Crippen molar-refractivity contribution in [2.75, 3.05) is 6.61 Å². The van der Waals surface area contributed by atoms with Crippen molar-refractivity contribution in [3.05, 3.63) is 70.3 Å². The molecule has 0 radical (unpaired) electrons. The van der Waals surface area contributed by atoms with Gasteiger partial charge in [-0.1, -0.05) is 18.2 Å². The van der Waals surface area contributed by atoms with Gasteiger partial charge in [0, 0.05) is 6.54 Å². The Bertz CT molecular complexity index is 900. The summed E-state index contributed by atoms with van der Waals surface area (Å²) in [6.45, 7) is 5.49. The average molecular weight is 322 g/mol. The summed E-state index contributed by atoms with van der Waals surface area (Å²) in [5.74, 6) is 0.905. The van der Waals surface area contributed by atoms with E-state index < -0.39 is 0 Å². The van der Waals surface area contributed by atoms with Crippen molar-refractivity contribution in [3.63, 3.8) is 0 Å². The molecule has 1 aromatic heterocycles. The lowest BCUT2D eigenvalue weighted by atomic mass is 10.1. The molecule has 0 aliphatic rings. The maximum atomic E-state index is 12.4. The number of aryl methyl sites for hydroxylation is 3. The summed E-state index contributed by atoms with van der Waals surface area (Å²) < 4.78 is 7.46. The Balaban J connectivity index is 1.52. The molecule has 0 saturated heterocycles. The lowest BCUT2D eigenvalue weighted by Gasteiger charge is -2.09. The van der Waals surface area contributed by atoms with Gasteiger partial charge < -0.3 is 4.74 Å². The number of hydrogen-bond acceptors (Lipinski definition) is 3. The molecule has 0 unspecified atom stereocenters. The van der Waals surface area contributed by atoms with Gasteiger partial charge in [0.1, 0.15) is 5.75 Å². The van der Waals surface area contributed by atoms with Crippen molar-refractivity contribution in [3.8, 4) is 5.75 Å². The number of hydrogen-bond donors (Lipinski definition) is 0. The van der Waals surface area contributed by atoms with E-state index in [9.17, 15) is 4.79 Å². The van der Waals surface area contributed by atoms with Crippen LogP contribution in [0.25, 0.3) is 10.9 Å². The van der Waals surface area contributed by atoms with Crippen LogP contribution in [-0.4, -0.2) is 16.2 Å². The van der Waals surface area contributed by atoms with Gasteiger partial charge in [-0.25, -0.2) is 4.98 Å². The van der Waals surface area contributed by atoms with Gasteiger partial charge in [0.25, 0.3) is 5.56 Å². The smallest absolute Gasteiger partial charge is 0.261 e. The van der Waals surface area contributed by atoms with E-state index in [4.69, 9.17) is 4.74 Å². The zero-order chi connectivity index (χ0) is 16.9. The van der Waals surface area contributed by atoms with Crippen molar-refractivity contribution >= 4 is 10.9 Å². The molecule has 1 heterocycles. The molecule has 4 nitrogen and oxygen atoms in total. The van der Waals surface area contributed by atoms with Gasteiger partial charge in [-0.05, 0) is 62.1 Å². The number of benzene rings is 2. The summed E-state index contributed by atoms with van der Waals surface area (Å²) >= 11 is 0. The SMILES string of the molecule is Cc1ccc(OCCCCn2cnc3ccccc3c2=O)cc1C. The van der Waals surface area contributed by atoms with Crippen molar-refractivity contribution in [2.24, 2.45) is 0 Å². The van der Waals surface area contributed by atoms with Gasteiger partial charge in [-0.2, -0.15) is 0 Å². The Kier molecular flexibility index (Phi) is 4.94. The number of ether oxygens (including phenoxy) is 1. The molecule has 0 aliphatic carbocycles. The van der Waals surface area contributed by atoms with Gasteiger partial charge in [0.15, 0.2) is 0 Å². The highest BCUT2D eigenvalue weighted by Crippen LogP contribution is 2.16. The maximum Gasteiger partial charge on any atom is 0.261 e. The van der Waals surface area contributed by atoms with Gasteiger partial charge in [-0.15, -0.1) is 0 Å². The second kappa shape index (κ2) is 7.30. The first kappa shape index (κ1) is 16.2. The van der Waals surface area contributed by atoms with Gasteiger partial charge >= 0.3 is 0 Å². The zero-order valence-corrected chi connectivity index (χ0v) is 14.2. The van der Waals surface area contributed by atoms with Crippen molar-refractivity contribution in [1.82, 2.24) is 9.55 Å². The first-order valence-corrected chi connectivity index (χ1v) is 8.29. The van der Waals surface area contributed by atoms with E-state index in [0.717, 1.165) is 24.1 Å². The fraction of sp³-hybridized carbons (Fsp3) is 0.300. The van der Waals surface area contributed by atoms with Crippen LogP contribution in [0.2, 0.25) is 0 Å². The molecule has 3 aromatic rings. The lowest BCUT2D eigenvalue weighted by molar-refractivity contribution is 0.302. The third-order valence-corrected chi connectivity index (χ3v) is 4.27. The van der Waals surface area contributed by atoms with Gasteiger partial charge in [0.05, 0.1) is 23.8 Å². The first-order chi connectivity index (χ1) is 11.6. The van der Waals surface area contributed by atoms with Crippen LogP contribution < -0.4 is 10.3 Å². The van der Waals surface area contributed by atoms with E-state index >= 15 is 0 Å². The molecule has 0 spiro atoms. The molecule has 124 valence electrons. The predicted octanol–water partition coefficient (Wildman–Crippen LogP) is 3.87. The standard InChI is InChI=1S/C20H22N2O2/c1-15-9-10-17(13-16(15)2)24-12-6-5-11-22-14-21-19-8-4-3-7-18(19)20(22)23/h3-4,7-10,13-14H,5-6,11-12H2,1-2H3. The Labute approximate surface area is 141 Å². The molecular weight excluding hydrogens is 300 g/mol. The second-order valence-electron chi connectivity index (χ2n) is 6.06. The van der Waals surface area contributed by atoms with E-state index in [2.05, 4.69) is 31.0 Å². The van der Waals surface area contributed by atoms with Crippen molar-refractivity contribution in [1.29, 1.82) is 0 Å². The minimum Gasteiger partial charge on any atom is -0.494 e. The molecule has 0 atom stereocenters. The average Bonchev–Trinajstić information content (AvgIpc) is 2.60. The highest BCUT2D eigenvalue weighted by atomic mass is 16.5. The molecule has 0 bridgehead atoms. The molecule has 3 rings (SSSR count). The minimum absolute atomic E-state index is 0.0238. The summed E-state index contributed by atoms with van der Waals surface area (Å²) in [7, 11) is 0. The number of para-hydroxylation sites is 1. The molecule has 0 N–H and O–H groups in total. The van der Waals surface area contributed by atoms with Gasteiger partial charge in [-0.3, -0.25) is 9.36 Å². The molecular formula is C20H22N2O2. The van der Waals surface area contributed by atoms with Crippen molar-refractivity contribution in [2.45, 2.75) is 33.2 Å². The first-order valence-electron chi connectivity index (χ1n) is 8.29. The van der Waals surface area contributed by atoms with Crippen LogP contribution in [0.5, 0.6) is 5.75 Å². The molecule has 0 amide bonds. The van der Waals surface area contributed by atoms with Crippen molar-refractivity contribution < 1.29 is 4.74 Å². The van der Waals surface area contributed by atoms with Crippen LogP contribution in [0.1, 0.15) is 24.0 Å². The predicted molar refractivity (Wildman–Crippen MR) is 96.6 cm³/mol. The van der Waals surface area contributed by atoms with Crippen LogP contribution in [0.15, 0.2) is 53.6 Å². The summed E-state index contributed by atoms with van der Waals surface area (Å²) in [6.07, 6.45) is 3.41. The maximum absolute atomic E-state index is 12.4. The monoisotopic (exact) mass is 322 g/mol. The summed E-state index contributed by atoms with van der Waals surface area (Å²) in [5, 5.41) is 0.673. The van der Waals surface area contributed by atoms with E-state index in [1.807, 2.05) is 30.3 Å². The molecule has 4 heteroatoms. The molecule has 2 aromatic carbocycles.